The van der Waals surface area contributed by atoms with Crippen molar-refractivity contribution in [2.24, 2.45) is 0 Å². The zero-order chi connectivity index (χ0) is 42.0. The summed E-state index contributed by atoms with van der Waals surface area (Å²) in [7, 11) is 0. The molecule has 3 aliphatic heterocycles. The molecule has 1 saturated carbocycles. The first-order valence-corrected chi connectivity index (χ1v) is 20.4. The molecule has 316 valence electrons. The summed E-state index contributed by atoms with van der Waals surface area (Å²) in [6.45, 7) is 0.0906. The lowest BCUT2D eigenvalue weighted by atomic mass is 9.87. The maximum Gasteiger partial charge on any atom is 0.410 e. The highest BCUT2D eigenvalue weighted by Gasteiger charge is 2.49. The van der Waals surface area contributed by atoms with Crippen LogP contribution in [0.15, 0.2) is 77.9 Å². The van der Waals surface area contributed by atoms with Gasteiger partial charge in [0.1, 0.15) is 23.7 Å². The Balaban J connectivity index is 0.790. The normalized spacial score (nSPS) is 23.8. The number of benzene rings is 2. The minimum atomic E-state index is -3.17. The monoisotopic (exact) mass is 830 g/mol. The molecule has 4 aromatic rings. The summed E-state index contributed by atoms with van der Waals surface area (Å²) < 4.78 is 68.7. The highest BCUT2D eigenvalue weighted by atomic mass is 19.3. The Morgan fingerprint density at radius 1 is 0.850 bits per heavy atom. The molecule has 0 spiro atoms. The molecule has 2 aromatic heterocycles. The number of rotatable bonds is 9. The summed E-state index contributed by atoms with van der Waals surface area (Å²) in [5.41, 5.74) is 1.81. The number of hydrogen-bond donors (Lipinski definition) is 3. The van der Waals surface area contributed by atoms with Gasteiger partial charge in [0.15, 0.2) is 5.82 Å². The number of pyridine rings is 1. The van der Waals surface area contributed by atoms with Crippen LogP contribution in [-0.4, -0.2) is 98.6 Å². The second kappa shape index (κ2) is 17.4. The fourth-order valence-electron chi connectivity index (χ4n) is 8.84. The van der Waals surface area contributed by atoms with E-state index in [1.807, 2.05) is 0 Å². The third-order valence-electron chi connectivity index (χ3n) is 12.0. The van der Waals surface area contributed by atoms with Crippen LogP contribution in [0.3, 0.4) is 0 Å². The van der Waals surface area contributed by atoms with Crippen molar-refractivity contribution < 1.29 is 36.7 Å². The molecular weight excluding hydrogens is 785 g/mol. The van der Waals surface area contributed by atoms with Crippen LogP contribution >= 0.6 is 0 Å². The molecule has 60 heavy (non-hydrogen) atoms. The zero-order valence-electron chi connectivity index (χ0n) is 32.8. The number of nitrogens with zero attached hydrogens (tertiary/aromatic N) is 5. The van der Waals surface area contributed by atoms with Gasteiger partial charge in [0.2, 0.25) is 17.8 Å². The topological polar surface area (TPSA) is 151 Å². The van der Waals surface area contributed by atoms with Crippen molar-refractivity contribution in [1.82, 2.24) is 29.7 Å². The van der Waals surface area contributed by atoms with Gasteiger partial charge in [0, 0.05) is 48.2 Å². The maximum absolute atomic E-state index is 15.7. The lowest BCUT2D eigenvalue weighted by Gasteiger charge is -2.45. The summed E-state index contributed by atoms with van der Waals surface area (Å²) in [5, 5.41) is 8.50. The van der Waals surface area contributed by atoms with E-state index in [9.17, 15) is 23.6 Å². The van der Waals surface area contributed by atoms with Crippen molar-refractivity contribution in [3.05, 3.63) is 101 Å². The third-order valence-corrected chi connectivity index (χ3v) is 12.0. The minimum absolute atomic E-state index is 0.0756. The van der Waals surface area contributed by atoms with Crippen LogP contribution in [0.2, 0.25) is 0 Å². The number of piperidine rings is 3. The van der Waals surface area contributed by atoms with Crippen molar-refractivity contribution in [2.45, 2.75) is 93.9 Å². The Bertz CT molecular complexity index is 2300. The Kier molecular flexibility index (Phi) is 11.9. The predicted molar refractivity (Wildman–Crippen MR) is 214 cm³/mol. The second-order valence-electron chi connectivity index (χ2n) is 16.0. The summed E-state index contributed by atoms with van der Waals surface area (Å²) in [5.74, 6) is -4.94. The number of nitrogens with one attached hydrogen (secondary N) is 3. The molecular formula is C43H46F4N8O5. The fourth-order valence-corrected chi connectivity index (χ4v) is 8.84. The molecule has 3 saturated heterocycles. The van der Waals surface area contributed by atoms with Gasteiger partial charge in [0.05, 0.1) is 18.8 Å². The Hall–Kier alpha value is -5.84. The number of carbonyl (C=O) groups excluding carboxylic acids is 3. The number of ether oxygens (including phenoxy) is 1. The van der Waals surface area contributed by atoms with Gasteiger partial charge in [-0.1, -0.05) is 24.3 Å². The molecule has 13 nitrogen and oxygen atoms in total. The molecule has 0 radical (unpaired) electrons. The Labute approximate surface area is 343 Å². The molecule has 0 bridgehead atoms. The first-order valence-electron chi connectivity index (χ1n) is 20.4. The average molecular weight is 831 g/mol. The highest BCUT2D eigenvalue weighted by molar-refractivity contribution is 6.01. The van der Waals surface area contributed by atoms with E-state index in [0.717, 1.165) is 11.1 Å². The number of anilines is 2. The molecule has 4 aliphatic rings. The van der Waals surface area contributed by atoms with Gasteiger partial charge >= 0.3 is 6.09 Å². The number of aromatic nitrogens is 3. The van der Waals surface area contributed by atoms with Crippen LogP contribution in [0.5, 0.6) is 0 Å². The molecule has 8 rings (SSSR count). The molecule has 1 aliphatic carbocycles. The van der Waals surface area contributed by atoms with Crippen molar-refractivity contribution >= 4 is 29.5 Å². The number of alkyl halides is 2. The standard InChI is InChI=1S/C43H46F4N8O5/c44-33-23-29(49-35-13-14-37(56)51-40(35)58)9-12-32(33)26-15-19-53(20-16-26)36-17-21-54(25-43(36,46)47)42(59)60-31-10-7-28(8-11-31)50-41-48-24-34(45)39(52-41)27-4-3-5-30(22-27)55-18-2-1-6-38(55)57/h1-6,9,12,18,22-24,26,28,31,35-36,49H,7-8,10-11,13-17,19-21,25H2,(H,48,50,52)(H,51,56,58)/t28-,31-,35?,36?. The first-order chi connectivity index (χ1) is 28.9. The van der Waals surface area contributed by atoms with Gasteiger partial charge in [-0.2, -0.15) is 0 Å². The Morgan fingerprint density at radius 3 is 2.38 bits per heavy atom. The van der Waals surface area contributed by atoms with Gasteiger partial charge in [-0.3, -0.25) is 29.2 Å². The number of amides is 3. The van der Waals surface area contributed by atoms with Crippen LogP contribution in [0.4, 0.5) is 34.0 Å². The smallest absolute Gasteiger partial charge is 0.410 e. The van der Waals surface area contributed by atoms with Crippen LogP contribution in [-0.2, 0) is 14.3 Å². The van der Waals surface area contributed by atoms with Gasteiger partial charge in [0.25, 0.3) is 11.5 Å². The first kappa shape index (κ1) is 40.9. The summed E-state index contributed by atoms with van der Waals surface area (Å²) in [6.07, 6.45) is 5.25. The lowest BCUT2D eigenvalue weighted by molar-refractivity contribution is -0.133. The minimum Gasteiger partial charge on any atom is -0.446 e. The van der Waals surface area contributed by atoms with Crippen LogP contribution in [0.25, 0.3) is 16.9 Å². The molecule has 3 amide bonds. The van der Waals surface area contributed by atoms with E-state index < -0.39 is 54.3 Å². The molecule has 4 fully saturated rings. The number of likely N-dealkylation sites (tertiary alicyclic amines) is 2. The molecule has 2 atom stereocenters. The van der Waals surface area contributed by atoms with E-state index in [-0.39, 0.29) is 54.5 Å². The van der Waals surface area contributed by atoms with Crippen LogP contribution < -0.4 is 21.5 Å². The molecule has 17 heteroatoms. The van der Waals surface area contributed by atoms with Gasteiger partial charge in [-0.05, 0) is 106 Å². The van der Waals surface area contributed by atoms with Crippen LogP contribution in [0, 0.1) is 11.6 Å². The molecule has 2 unspecified atom stereocenters. The number of hydrogen-bond acceptors (Lipinski definition) is 10. The molecule has 3 N–H and O–H groups in total. The molecule has 2 aromatic carbocycles. The SMILES string of the molecule is O=C1CCC(Nc2ccc(C3CCN(C4CCN(C(=O)O[C@H]5CC[C@H](Nc6ncc(F)c(-c7cccc(-n8ccccc8=O)c7)n6)CC5)CC4(F)F)CC3)c(F)c2)C(=O)N1. The quantitative estimate of drug-likeness (QED) is 0.131. The molecule has 5 heterocycles. The largest absolute Gasteiger partial charge is 0.446 e. The van der Waals surface area contributed by atoms with Gasteiger partial charge in [-0.25, -0.2) is 32.3 Å². The van der Waals surface area contributed by atoms with E-state index in [1.165, 1.54) is 16.7 Å². The van der Waals surface area contributed by atoms with Crippen molar-refractivity contribution in [2.75, 3.05) is 36.8 Å². The fraction of sp³-hybridized carbons (Fsp3) is 0.442. The van der Waals surface area contributed by atoms with Crippen molar-refractivity contribution in [3.63, 3.8) is 0 Å². The van der Waals surface area contributed by atoms with Gasteiger partial charge < -0.3 is 20.3 Å². The van der Waals surface area contributed by atoms with Crippen molar-refractivity contribution in [3.8, 4) is 16.9 Å². The van der Waals surface area contributed by atoms with Crippen LogP contribution in [0.1, 0.15) is 69.3 Å². The van der Waals surface area contributed by atoms with Crippen molar-refractivity contribution in [1.29, 1.82) is 0 Å². The lowest BCUT2D eigenvalue weighted by Crippen LogP contribution is -2.60. The highest BCUT2D eigenvalue weighted by Crippen LogP contribution is 2.38. The maximum atomic E-state index is 15.7. The summed E-state index contributed by atoms with van der Waals surface area (Å²) in [6, 6.07) is 14.6. The van der Waals surface area contributed by atoms with E-state index in [2.05, 4.69) is 25.9 Å². The van der Waals surface area contributed by atoms with E-state index in [4.69, 9.17) is 4.74 Å². The number of halogens is 4. The second-order valence-corrected chi connectivity index (χ2v) is 16.0. The van der Waals surface area contributed by atoms with Gasteiger partial charge in [-0.15, -0.1) is 0 Å². The predicted octanol–water partition coefficient (Wildman–Crippen LogP) is 6.24. The summed E-state index contributed by atoms with van der Waals surface area (Å²) in [4.78, 5) is 60.4. The van der Waals surface area contributed by atoms with E-state index in [0.29, 0.717) is 80.5 Å². The number of imide groups is 1. The van der Waals surface area contributed by atoms with E-state index in [1.54, 1.807) is 59.6 Å². The number of carbonyl (C=O) groups is 3. The average Bonchev–Trinajstić information content (AvgIpc) is 3.23. The summed E-state index contributed by atoms with van der Waals surface area (Å²) >= 11 is 0. The third kappa shape index (κ3) is 9.15. The Morgan fingerprint density at radius 2 is 1.65 bits per heavy atom. The zero-order valence-corrected chi connectivity index (χ0v) is 32.8. The van der Waals surface area contributed by atoms with E-state index >= 15 is 13.2 Å².